The molecule has 0 spiro atoms. The first-order chi connectivity index (χ1) is 17.8. The van der Waals surface area contributed by atoms with Crippen LogP contribution in [0.3, 0.4) is 0 Å². The van der Waals surface area contributed by atoms with Crippen LogP contribution in [0.25, 0.3) is 12.2 Å². The molecule has 0 saturated heterocycles. The highest BCUT2D eigenvalue weighted by Gasteiger charge is 2.30. The van der Waals surface area contributed by atoms with Gasteiger partial charge in [0.2, 0.25) is 5.89 Å². The summed E-state index contributed by atoms with van der Waals surface area (Å²) in [5.41, 5.74) is 1.69. The van der Waals surface area contributed by atoms with Crippen LogP contribution in [0.1, 0.15) is 53.7 Å². The van der Waals surface area contributed by atoms with Crippen molar-refractivity contribution in [2.24, 2.45) is 0 Å². The van der Waals surface area contributed by atoms with Crippen molar-refractivity contribution in [1.29, 1.82) is 0 Å². The Kier molecular flexibility index (Phi) is 8.37. The number of rotatable bonds is 11. The molecular weight excluding hydrogens is 488 g/mol. The summed E-state index contributed by atoms with van der Waals surface area (Å²) in [4.78, 5) is 4.23. The molecular formula is C27H26F4N4O2. The molecule has 0 aliphatic heterocycles. The smallest absolute Gasteiger partial charge is 0.416 e. The fourth-order valence-corrected chi connectivity index (χ4v) is 3.59. The zero-order valence-corrected chi connectivity index (χ0v) is 20.2. The number of hydrogen-bond donors (Lipinski definition) is 0. The molecule has 0 bridgehead atoms. The molecule has 0 unspecified atom stereocenters. The van der Waals surface area contributed by atoms with Crippen LogP contribution in [-0.2, 0) is 32.2 Å². The summed E-state index contributed by atoms with van der Waals surface area (Å²) in [5, 5.41) is 8.21. The van der Waals surface area contributed by atoms with Crippen LogP contribution >= 0.6 is 0 Å². The van der Waals surface area contributed by atoms with E-state index in [-0.39, 0.29) is 18.1 Å². The van der Waals surface area contributed by atoms with Gasteiger partial charge in [-0.2, -0.15) is 13.2 Å². The maximum absolute atomic E-state index is 14.0. The standard InChI is InChI=1S/C27H26F4N4O2/c1-2-22-16-35(34-33-22)14-4-3-5-19-6-11-24(12-7-19)36-17-23-18-37-26(32-23)13-9-20-8-10-21(15-25(20)28)27(29,30)31/h6-13,15-16,18H,2-5,14,17H2,1H3/b13-9+. The van der Waals surface area contributed by atoms with Gasteiger partial charge in [0.15, 0.2) is 0 Å². The molecule has 2 aromatic heterocycles. The Labute approximate surface area is 211 Å². The van der Waals surface area contributed by atoms with Crippen LogP contribution in [0.2, 0.25) is 0 Å². The highest BCUT2D eigenvalue weighted by Crippen LogP contribution is 2.30. The number of nitrogens with zero attached hydrogens (tertiary/aromatic N) is 4. The quantitative estimate of drug-likeness (QED) is 0.163. The monoisotopic (exact) mass is 514 g/mol. The second-order valence-electron chi connectivity index (χ2n) is 8.46. The Balaban J connectivity index is 1.22. The van der Waals surface area contributed by atoms with E-state index in [0.717, 1.165) is 50.1 Å². The number of aryl methyl sites for hydroxylation is 3. The fourth-order valence-electron chi connectivity index (χ4n) is 3.59. The molecule has 0 aliphatic carbocycles. The molecule has 0 radical (unpaired) electrons. The average Bonchev–Trinajstić information content (AvgIpc) is 3.54. The maximum atomic E-state index is 14.0. The molecule has 4 aromatic rings. The molecule has 2 aromatic carbocycles. The summed E-state index contributed by atoms with van der Waals surface area (Å²) in [7, 11) is 0. The van der Waals surface area contributed by atoms with E-state index in [9.17, 15) is 17.6 Å². The van der Waals surface area contributed by atoms with E-state index >= 15 is 0 Å². The lowest BCUT2D eigenvalue weighted by atomic mass is 10.1. The third-order valence-corrected chi connectivity index (χ3v) is 5.66. The van der Waals surface area contributed by atoms with Gasteiger partial charge in [0.25, 0.3) is 0 Å². The average molecular weight is 515 g/mol. The lowest BCUT2D eigenvalue weighted by Crippen LogP contribution is -2.05. The molecule has 0 N–H and O–H groups in total. The predicted octanol–water partition coefficient (Wildman–Crippen LogP) is 6.76. The molecule has 10 heteroatoms. The van der Waals surface area contributed by atoms with Gasteiger partial charge >= 0.3 is 6.18 Å². The van der Waals surface area contributed by atoms with Crippen LogP contribution in [0.5, 0.6) is 5.75 Å². The first kappa shape index (κ1) is 26.1. The van der Waals surface area contributed by atoms with Crippen molar-refractivity contribution in [3.8, 4) is 5.75 Å². The minimum Gasteiger partial charge on any atom is -0.487 e. The van der Waals surface area contributed by atoms with E-state index in [2.05, 4.69) is 22.2 Å². The van der Waals surface area contributed by atoms with E-state index in [1.807, 2.05) is 35.1 Å². The number of unbranched alkanes of at least 4 members (excludes halogenated alkanes) is 1. The van der Waals surface area contributed by atoms with Crippen molar-refractivity contribution in [2.75, 3.05) is 0 Å². The van der Waals surface area contributed by atoms with Crippen LogP contribution in [0.15, 0.2) is 59.3 Å². The molecule has 0 atom stereocenters. The highest BCUT2D eigenvalue weighted by molar-refractivity contribution is 5.66. The number of benzene rings is 2. The molecule has 6 nitrogen and oxygen atoms in total. The molecule has 4 rings (SSSR count). The normalized spacial score (nSPS) is 11.9. The van der Waals surface area contributed by atoms with Crippen molar-refractivity contribution in [1.82, 2.24) is 20.0 Å². The number of hydrogen-bond acceptors (Lipinski definition) is 5. The van der Waals surface area contributed by atoms with Crippen molar-refractivity contribution in [2.45, 2.75) is 51.9 Å². The number of halogens is 4. The Morgan fingerprint density at radius 1 is 1.03 bits per heavy atom. The van der Waals surface area contributed by atoms with Crippen molar-refractivity contribution < 1.29 is 26.7 Å². The van der Waals surface area contributed by atoms with E-state index in [4.69, 9.17) is 9.15 Å². The SMILES string of the molecule is CCc1cn(CCCCc2ccc(OCc3coc(/C=C/c4ccc(C(F)(F)F)cc4F)n3)cc2)nn1. The van der Waals surface area contributed by atoms with Gasteiger partial charge in [0.1, 0.15) is 30.1 Å². The summed E-state index contributed by atoms with van der Waals surface area (Å²) in [5.74, 6) is -0.110. The summed E-state index contributed by atoms with van der Waals surface area (Å²) in [6, 6.07) is 10.2. The first-order valence-electron chi connectivity index (χ1n) is 11.9. The summed E-state index contributed by atoms with van der Waals surface area (Å²) < 4.78 is 64.9. The van der Waals surface area contributed by atoms with Gasteiger partial charge in [-0.1, -0.05) is 30.3 Å². The molecule has 2 heterocycles. The number of ether oxygens (including phenoxy) is 1. The van der Waals surface area contributed by atoms with E-state index in [1.54, 1.807) is 0 Å². The first-order valence-corrected chi connectivity index (χ1v) is 11.9. The highest BCUT2D eigenvalue weighted by atomic mass is 19.4. The zero-order chi connectivity index (χ0) is 26.3. The van der Waals surface area contributed by atoms with Gasteiger partial charge in [0.05, 0.1) is 11.3 Å². The van der Waals surface area contributed by atoms with Crippen LogP contribution in [0, 0.1) is 5.82 Å². The lowest BCUT2D eigenvalue weighted by molar-refractivity contribution is -0.137. The molecule has 0 saturated carbocycles. The minimum atomic E-state index is -4.60. The van der Waals surface area contributed by atoms with Crippen molar-refractivity contribution >= 4 is 12.2 Å². The topological polar surface area (TPSA) is 66.0 Å². The van der Waals surface area contributed by atoms with Crippen molar-refractivity contribution in [3.05, 3.63) is 94.7 Å². The summed E-state index contributed by atoms with van der Waals surface area (Å²) in [6.45, 7) is 3.08. The summed E-state index contributed by atoms with van der Waals surface area (Å²) >= 11 is 0. The second-order valence-corrected chi connectivity index (χ2v) is 8.46. The van der Waals surface area contributed by atoms with Gasteiger partial charge in [-0.15, -0.1) is 5.10 Å². The van der Waals surface area contributed by atoms with Crippen LogP contribution in [0.4, 0.5) is 17.6 Å². The Bertz CT molecular complexity index is 1330. The zero-order valence-electron chi connectivity index (χ0n) is 20.2. The van der Waals surface area contributed by atoms with Gasteiger partial charge in [-0.05, 0) is 61.6 Å². The Morgan fingerprint density at radius 2 is 1.84 bits per heavy atom. The lowest BCUT2D eigenvalue weighted by Gasteiger charge is -2.07. The molecule has 194 valence electrons. The van der Waals surface area contributed by atoms with E-state index in [0.29, 0.717) is 17.5 Å². The van der Waals surface area contributed by atoms with Gasteiger partial charge in [-0.3, -0.25) is 4.68 Å². The van der Waals surface area contributed by atoms with Crippen molar-refractivity contribution in [3.63, 3.8) is 0 Å². The fraction of sp³-hybridized carbons (Fsp3) is 0.296. The Morgan fingerprint density at radius 3 is 2.54 bits per heavy atom. The second kappa shape index (κ2) is 11.9. The molecule has 0 aliphatic rings. The van der Waals surface area contributed by atoms with E-state index < -0.39 is 17.6 Å². The van der Waals surface area contributed by atoms with Gasteiger partial charge in [0, 0.05) is 24.4 Å². The van der Waals surface area contributed by atoms with Gasteiger partial charge < -0.3 is 9.15 Å². The van der Waals surface area contributed by atoms with E-state index in [1.165, 1.54) is 24.0 Å². The summed E-state index contributed by atoms with van der Waals surface area (Å²) in [6.07, 6.45) is 5.37. The molecule has 0 amide bonds. The number of alkyl halides is 3. The van der Waals surface area contributed by atoms with Gasteiger partial charge in [-0.25, -0.2) is 9.37 Å². The number of aromatic nitrogens is 4. The third kappa shape index (κ3) is 7.52. The predicted molar refractivity (Wildman–Crippen MR) is 130 cm³/mol. The van der Waals surface area contributed by atoms with Crippen LogP contribution < -0.4 is 4.74 Å². The third-order valence-electron chi connectivity index (χ3n) is 5.66. The molecule has 0 fully saturated rings. The minimum absolute atomic E-state index is 0.00637. The largest absolute Gasteiger partial charge is 0.487 e. The number of oxazole rings is 1. The van der Waals surface area contributed by atoms with Crippen LogP contribution in [-0.4, -0.2) is 20.0 Å². The molecule has 37 heavy (non-hydrogen) atoms. The Hall–Kier alpha value is -3.95. The maximum Gasteiger partial charge on any atom is 0.416 e.